The number of nitrogens with zero attached hydrogens (tertiary/aromatic N) is 2. The number of carbonyl (C=O) groups is 2. The van der Waals surface area contributed by atoms with Gasteiger partial charge in [0.1, 0.15) is 0 Å². The van der Waals surface area contributed by atoms with Gasteiger partial charge in [-0.2, -0.15) is 0 Å². The van der Waals surface area contributed by atoms with Crippen LogP contribution in [0.5, 0.6) is 5.75 Å². The molecule has 1 N–H and O–H groups in total. The summed E-state index contributed by atoms with van der Waals surface area (Å²) < 4.78 is 5.44. The predicted octanol–water partition coefficient (Wildman–Crippen LogP) is 3.16. The van der Waals surface area contributed by atoms with Gasteiger partial charge in [-0.25, -0.2) is 0 Å². The Morgan fingerprint density at radius 1 is 1.17 bits per heavy atom. The highest BCUT2D eigenvalue weighted by Crippen LogP contribution is 2.28. The number of para-hydroxylation sites is 1. The van der Waals surface area contributed by atoms with Crippen molar-refractivity contribution in [1.82, 2.24) is 4.90 Å². The summed E-state index contributed by atoms with van der Waals surface area (Å²) in [7, 11) is 0. The summed E-state index contributed by atoms with van der Waals surface area (Å²) in [6, 6.07) is 13.8. The zero-order valence-corrected chi connectivity index (χ0v) is 16.2. The fourth-order valence-electron chi connectivity index (χ4n) is 3.28. The molecule has 0 saturated carbocycles. The third kappa shape index (κ3) is 5.31. The van der Waals surface area contributed by atoms with Gasteiger partial charge in [-0.05, 0) is 43.5 Å². The maximum Gasteiger partial charge on any atom is 0.310 e. The lowest BCUT2D eigenvalue weighted by Gasteiger charge is -2.31. The Balaban J connectivity index is 1.50. The van der Waals surface area contributed by atoms with Crippen molar-refractivity contribution in [1.29, 1.82) is 0 Å². The molecule has 0 spiro atoms. The quantitative estimate of drug-likeness (QED) is 0.596. The number of nitrogens with one attached hydrogen (secondary N) is 1. The van der Waals surface area contributed by atoms with Crippen molar-refractivity contribution < 1.29 is 19.2 Å². The Morgan fingerprint density at radius 2 is 1.86 bits per heavy atom. The summed E-state index contributed by atoms with van der Waals surface area (Å²) in [5.41, 5.74) is 1.40. The summed E-state index contributed by atoms with van der Waals surface area (Å²) in [6.07, 6.45) is 1.13. The minimum absolute atomic E-state index is 0.0464. The molecule has 1 heterocycles. The number of hydrogen-bond acceptors (Lipinski definition) is 5. The average Bonchev–Trinajstić information content (AvgIpc) is 2.72. The van der Waals surface area contributed by atoms with E-state index in [4.69, 9.17) is 4.74 Å². The Hall–Kier alpha value is -3.42. The molecule has 1 aliphatic heterocycles. The van der Waals surface area contributed by atoms with Crippen molar-refractivity contribution in [2.24, 2.45) is 5.92 Å². The van der Waals surface area contributed by atoms with Crippen LogP contribution in [0.4, 0.5) is 11.4 Å². The van der Waals surface area contributed by atoms with Crippen molar-refractivity contribution in [2.75, 3.05) is 25.0 Å². The second-order valence-corrected chi connectivity index (χ2v) is 7.03. The number of benzene rings is 2. The molecule has 1 aliphatic rings. The molecule has 8 heteroatoms. The van der Waals surface area contributed by atoms with E-state index in [9.17, 15) is 19.7 Å². The van der Waals surface area contributed by atoms with Crippen LogP contribution in [-0.4, -0.2) is 41.3 Å². The van der Waals surface area contributed by atoms with Crippen molar-refractivity contribution in [3.8, 4) is 5.75 Å². The topological polar surface area (TPSA) is 102 Å². The average molecular weight is 397 g/mol. The first-order chi connectivity index (χ1) is 13.9. The van der Waals surface area contributed by atoms with Gasteiger partial charge in [0, 0.05) is 30.8 Å². The predicted molar refractivity (Wildman–Crippen MR) is 108 cm³/mol. The van der Waals surface area contributed by atoms with Gasteiger partial charge in [-0.1, -0.05) is 24.3 Å². The lowest BCUT2D eigenvalue weighted by molar-refractivity contribution is -0.385. The Kier molecular flexibility index (Phi) is 6.43. The van der Waals surface area contributed by atoms with Crippen molar-refractivity contribution in [2.45, 2.75) is 19.8 Å². The lowest BCUT2D eigenvalue weighted by Crippen LogP contribution is -2.43. The van der Waals surface area contributed by atoms with E-state index in [0.29, 0.717) is 25.9 Å². The fraction of sp³-hybridized carbons (Fsp3) is 0.333. The molecule has 0 atom stereocenters. The molecule has 1 fully saturated rings. The van der Waals surface area contributed by atoms with Gasteiger partial charge in [0.15, 0.2) is 12.4 Å². The molecule has 0 radical (unpaired) electrons. The second kappa shape index (κ2) is 9.18. The minimum atomic E-state index is -0.532. The second-order valence-electron chi connectivity index (χ2n) is 7.03. The summed E-state index contributed by atoms with van der Waals surface area (Å²) in [5, 5.41) is 14.0. The molecule has 8 nitrogen and oxygen atoms in total. The van der Waals surface area contributed by atoms with Crippen LogP contribution in [0.2, 0.25) is 0 Å². The smallest absolute Gasteiger partial charge is 0.310 e. The zero-order valence-electron chi connectivity index (χ0n) is 16.2. The Bertz CT molecular complexity index is 892. The number of amides is 2. The molecule has 152 valence electrons. The third-order valence-corrected chi connectivity index (χ3v) is 4.92. The number of piperidine rings is 1. The lowest BCUT2D eigenvalue weighted by atomic mass is 9.95. The number of hydrogen-bond donors (Lipinski definition) is 1. The number of anilines is 1. The van der Waals surface area contributed by atoms with E-state index >= 15 is 0 Å². The molecule has 2 aromatic rings. The molecular weight excluding hydrogens is 374 g/mol. The molecule has 0 aliphatic carbocycles. The molecule has 0 unspecified atom stereocenters. The standard InChI is InChI=1S/C21H23N3O5/c1-15-7-8-18(24(27)28)19(13-15)29-14-20(25)23-11-9-16(10-12-23)21(26)22-17-5-3-2-4-6-17/h2-8,13,16H,9-12,14H2,1H3,(H,22,26). The molecule has 3 rings (SSSR count). The van der Waals surface area contributed by atoms with Crippen molar-refractivity contribution in [3.63, 3.8) is 0 Å². The van der Waals surface area contributed by atoms with E-state index in [2.05, 4.69) is 5.32 Å². The molecular formula is C21H23N3O5. The summed E-state index contributed by atoms with van der Waals surface area (Å²) in [4.78, 5) is 37.0. The van der Waals surface area contributed by atoms with Crippen LogP contribution in [-0.2, 0) is 9.59 Å². The first-order valence-corrected chi connectivity index (χ1v) is 9.45. The molecule has 0 aromatic heterocycles. The van der Waals surface area contributed by atoms with Gasteiger partial charge in [0.2, 0.25) is 5.91 Å². The van der Waals surface area contributed by atoms with Gasteiger partial charge in [0.25, 0.3) is 5.91 Å². The monoisotopic (exact) mass is 397 g/mol. The molecule has 2 amide bonds. The molecule has 1 saturated heterocycles. The van der Waals surface area contributed by atoms with Gasteiger partial charge in [0.05, 0.1) is 4.92 Å². The number of carbonyl (C=O) groups excluding carboxylic acids is 2. The largest absolute Gasteiger partial charge is 0.477 e. The fourth-order valence-corrected chi connectivity index (χ4v) is 3.28. The number of aryl methyl sites for hydroxylation is 1. The van der Waals surface area contributed by atoms with Crippen LogP contribution in [0, 0.1) is 23.0 Å². The Morgan fingerprint density at radius 3 is 2.52 bits per heavy atom. The van der Waals surface area contributed by atoms with Crippen LogP contribution in [0.1, 0.15) is 18.4 Å². The van der Waals surface area contributed by atoms with Crippen LogP contribution in [0.25, 0.3) is 0 Å². The number of ether oxygens (including phenoxy) is 1. The van der Waals surface area contributed by atoms with Crippen LogP contribution in [0.3, 0.4) is 0 Å². The van der Waals surface area contributed by atoms with E-state index < -0.39 is 4.92 Å². The van der Waals surface area contributed by atoms with Gasteiger partial charge in [-0.3, -0.25) is 19.7 Å². The summed E-state index contributed by atoms with van der Waals surface area (Å²) in [6.45, 7) is 2.42. The molecule has 2 aromatic carbocycles. The van der Waals surface area contributed by atoms with E-state index in [1.54, 1.807) is 24.0 Å². The van der Waals surface area contributed by atoms with Crippen molar-refractivity contribution >= 4 is 23.2 Å². The maximum atomic E-state index is 12.4. The molecule has 0 bridgehead atoms. The highest BCUT2D eigenvalue weighted by molar-refractivity contribution is 5.92. The number of rotatable bonds is 6. The number of nitro benzene ring substituents is 1. The summed E-state index contributed by atoms with van der Waals surface area (Å²) in [5.74, 6) is -0.365. The van der Waals surface area contributed by atoms with E-state index in [1.807, 2.05) is 30.3 Å². The SMILES string of the molecule is Cc1ccc([N+](=O)[O-])c(OCC(=O)N2CCC(C(=O)Nc3ccccc3)CC2)c1. The third-order valence-electron chi connectivity index (χ3n) is 4.92. The zero-order chi connectivity index (χ0) is 20.8. The van der Waals surface area contributed by atoms with Crippen LogP contribution < -0.4 is 10.1 Å². The first kappa shape index (κ1) is 20.3. The van der Waals surface area contributed by atoms with Gasteiger partial charge >= 0.3 is 5.69 Å². The first-order valence-electron chi connectivity index (χ1n) is 9.45. The summed E-state index contributed by atoms with van der Waals surface area (Å²) >= 11 is 0. The van der Waals surface area contributed by atoms with Gasteiger partial charge in [-0.15, -0.1) is 0 Å². The highest BCUT2D eigenvalue weighted by Gasteiger charge is 2.28. The number of likely N-dealkylation sites (tertiary alicyclic amines) is 1. The minimum Gasteiger partial charge on any atom is -0.477 e. The van der Waals surface area contributed by atoms with Gasteiger partial charge < -0.3 is 15.0 Å². The van der Waals surface area contributed by atoms with E-state index in [1.165, 1.54) is 6.07 Å². The normalized spacial score (nSPS) is 14.3. The molecule has 29 heavy (non-hydrogen) atoms. The Labute approximate surface area is 168 Å². The van der Waals surface area contributed by atoms with E-state index in [-0.39, 0.29) is 35.8 Å². The van der Waals surface area contributed by atoms with Crippen LogP contribution >= 0.6 is 0 Å². The highest BCUT2D eigenvalue weighted by atomic mass is 16.6. The maximum absolute atomic E-state index is 12.4. The van der Waals surface area contributed by atoms with E-state index in [0.717, 1.165) is 11.3 Å². The number of nitro groups is 1. The van der Waals surface area contributed by atoms with Crippen molar-refractivity contribution in [3.05, 3.63) is 64.2 Å². The van der Waals surface area contributed by atoms with Crippen LogP contribution in [0.15, 0.2) is 48.5 Å².